The molecule has 0 aliphatic carbocycles. The van der Waals surface area contributed by atoms with Crippen molar-refractivity contribution in [1.29, 1.82) is 0 Å². The molecule has 3 heterocycles. The van der Waals surface area contributed by atoms with Crippen molar-refractivity contribution in [3.63, 3.8) is 0 Å². The molecule has 3 fully saturated rings. The lowest BCUT2D eigenvalue weighted by atomic mass is 9.96. The predicted molar refractivity (Wildman–Crippen MR) is 93.5 cm³/mol. The van der Waals surface area contributed by atoms with Gasteiger partial charge in [-0.15, -0.1) is 0 Å². The topological polar surface area (TPSA) is 38.8 Å². The maximum absolute atomic E-state index is 12.6. The molecule has 0 bridgehead atoms. The molecular weight excluding hydrogens is 288 g/mol. The molecule has 5 heteroatoms. The summed E-state index contributed by atoms with van der Waals surface area (Å²) in [6, 6.07) is 1.49. The Balaban J connectivity index is 1.39. The minimum Gasteiger partial charge on any atom is -0.340 e. The van der Waals surface area contributed by atoms with Gasteiger partial charge >= 0.3 is 0 Å². The van der Waals surface area contributed by atoms with Crippen molar-refractivity contribution in [2.24, 2.45) is 5.92 Å². The van der Waals surface area contributed by atoms with Gasteiger partial charge in [0.1, 0.15) is 0 Å². The Kier molecular flexibility index (Phi) is 5.94. The number of hydrogen-bond acceptors (Lipinski definition) is 4. The molecule has 0 aromatic rings. The number of nitrogens with zero attached hydrogens (tertiary/aromatic N) is 3. The molecule has 132 valence electrons. The van der Waals surface area contributed by atoms with Gasteiger partial charge in [0.2, 0.25) is 5.91 Å². The highest BCUT2D eigenvalue weighted by atomic mass is 16.2. The molecule has 0 aromatic heterocycles. The van der Waals surface area contributed by atoms with Crippen molar-refractivity contribution < 1.29 is 4.79 Å². The van der Waals surface area contributed by atoms with Crippen LogP contribution in [0.1, 0.15) is 39.5 Å². The molecular formula is C18H34N4O. The van der Waals surface area contributed by atoms with Crippen LogP contribution in [0.15, 0.2) is 0 Å². The molecule has 0 spiro atoms. The van der Waals surface area contributed by atoms with Crippen LogP contribution in [0.25, 0.3) is 0 Å². The smallest absolute Gasteiger partial charge is 0.225 e. The monoisotopic (exact) mass is 322 g/mol. The van der Waals surface area contributed by atoms with Crippen molar-refractivity contribution >= 4 is 5.91 Å². The van der Waals surface area contributed by atoms with Crippen LogP contribution in [0.3, 0.4) is 0 Å². The fourth-order valence-corrected chi connectivity index (χ4v) is 4.47. The van der Waals surface area contributed by atoms with Gasteiger partial charge < -0.3 is 10.2 Å². The molecule has 2 unspecified atom stereocenters. The fourth-order valence-electron chi connectivity index (χ4n) is 4.47. The Morgan fingerprint density at radius 1 is 0.913 bits per heavy atom. The van der Waals surface area contributed by atoms with E-state index in [9.17, 15) is 4.79 Å². The van der Waals surface area contributed by atoms with Gasteiger partial charge in [0.15, 0.2) is 0 Å². The van der Waals surface area contributed by atoms with Crippen molar-refractivity contribution in [2.45, 2.75) is 51.6 Å². The molecule has 1 amide bonds. The van der Waals surface area contributed by atoms with Crippen LogP contribution in [0.4, 0.5) is 0 Å². The average Bonchev–Trinajstić information content (AvgIpc) is 2.92. The van der Waals surface area contributed by atoms with E-state index in [1.165, 1.54) is 19.4 Å². The standard InChI is InChI=1S/C18H34N4O/c1-15-3-4-16(2)22(15)14-11-20-9-12-21(13-10-20)18(23)17-5-7-19-8-6-17/h15-17,19H,3-14H2,1-2H3. The van der Waals surface area contributed by atoms with E-state index in [0.717, 1.165) is 70.7 Å². The molecule has 2 atom stereocenters. The summed E-state index contributed by atoms with van der Waals surface area (Å²) in [7, 11) is 0. The summed E-state index contributed by atoms with van der Waals surface area (Å²) in [5.74, 6) is 0.682. The van der Waals surface area contributed by atoms with Gasteiger partial charge in [-0.2, -0.15) is 0 Å². The first-order valence-electron chi connectivity index (χ1n) is 9.62. The van der Waals surface area contributed by atoms with E-state index in [1.807, 2.05) is 0 Å². The second kappa shape index (κ2) is 7.95. The van der Waals surface area contributed by atoms with Crippen LogP contribution in [-0.4, -0.2) is 85.0 Å². The van der Waals surface area contributed by atoms with E-state index in [2.05, 4.69) is 33.9 Å². The first kappa shape index (κ1) is 17.2. The summed E-state index contributed by atoms with van der Waals surface area (Å²) in [6.07, 6.45) is 4.73. The fraction of sp³-hybridized carbons (Fsp3) is 0.944. The van der Waals surface area contributed by atoms with Gasteiger partial charge in [0.05, 0.1) is 0 Å². The average molecular weight is 322 g/mol. The number of rotatable bonds is 4. The van der Waals surface area contributed by atoms with Crippen LogP contribution in [-0.2, 0) is 4.79 Å². The highest BCUT2D eigenvalue weighted by molar-refractivity contribution is 5.79. The van der Waals surface area contributed by atoms with Gasteiger partial charge in [-0.1, -0.05) is 0 Å². The third kappa shape index (κ3) is 4.25. The van der Waals surface area contributed by atoms with Crippen molar-refractivity contribution in [2.75, 3.05) is 52.4 Å². The van der Waals surface area contributed by atoms with Gasteiger partial charge in [-0.05, 0) is 52.6 Å². The third-order valence-electron chi connectivity index (χ3n) is 6.18. The molecule has 0 radical (unpaired) electrons. The van der Waals surface area contributed by atoms with Crippen LogP contribution in [0.5, 0.6) is 0 Å². The van der Waals surface area contributed by atoms with Crippen molar-refractivity contribution in [3.8, 4) is 0 Å². The Morgan fingerprint density at radius 2 is 1.52 bits per heavy atom. The summed E-state index contributed by atoms with van der Waals surface area (Å²) in [4.78, 5) is 19.9. The highest BCUT2D eigenvalue weighted by Crippen LogP contribution is 2.23. The number of carbonyl (C=O) groups is 1. The first-order valence-corrected chi connectivity index (χ1v) is 9.62. The molecule has 0 saturated carbocycles. The second-order valence-corrected chi connectivity index (χ2v) is 7.70. The Bertz CT molecular complexity index is 378. The lowest BCUT2D eigenvalue weighted by molar-refractivity contribution is -0.138. The maximum atomic E-state index is 12.6. The molecule has 3 aliphatic rings. The number of piperidine rings is 1. The molecule has 5 nitrogen and oxygen atoms in total. The zero-order valence-electron chi connectivity index (χ0n) is 15.0. The number of amides is 1. The molecule has 3 rings (SSSR count). The Morgan fingerprint density at radius 3 is 2.13 bits per heavy atom. The molecule has 3 saturated heterocycles. The predicted octanol–water partition coefficient (Wildman–Crippen LogP) is 1.00. The lowest BCUT2D eigenvalue weighted by Crippen LogP contribution is -2.52. The Hall–Kier alpha value is -0.650. The summed E-state index contributed by atoms with van der Waals surface area (Å²) < 4.78 is 0. The van der Waals surface area contributed by atoms with Crippen LogP contribution in [0, 0.1) is 5.92 Å². The second-order valence-electron chi connectivity index (χ2n) is 7.70. The van der Waals surface area contributed by atoms with Crippen molar-refractivity contribution in [1.82, 2.24) is 20.0 Å². The number of piperazine rings is 1. The van der Waals surface area contributed by atoms with Crippen LogP contribution < -0.4 is 5.32 Å². The number of carbonyl (C=O) groups excluding carboxylic acids is 1. The van der Waals surface area contributed by atoms with Gasteiger partial charge in [0, 0.05) is 57.3 Å². The maximum Gasteiger partial charge on any atom is 0.225 e. The van der Waals surface area contributed by atoms with Crippen LogP contribution >= 0.6 is 0 Å². The first-order chi connectivity index (χ1) is 11.1. The number of nitrogens with one attached hydrogen (secondary N) is 1. The van der Waals surface area contributed by atoms with E-state index in [1.54, 1.807) is 0 Å². The minimum atomic E-state index is 0.272. The van der Waals surface area contributed by atoms with E-state index in [-0.39, 0.29) is 5.92 Å². The third-order valence-corrected chi connectivity index (χ3v) is 6.18. The number of likely N-dealkylation sites (tertiary alicyclic amines) is 1. The quantitative estimate of drug-likeness (QED) is 0.838. The highest BCUT2D eigenvalue weighted by Gasteiger charge is 2.30. The van der Waals surface area contributed by atoms with Crippen molar-refractivity contribution in [3.05, 3.63) is 0 Å². The van der Waals surface area contributed by atoms with E-state index >= 15 is 0 Å². The van der Waals surface area contributed by atoms with E-state index in [4.69, 9.17) is 0 Å². The summed E-state index contributed by atoms with van der Waals surface area (Å²) in [5, 5.41) is 3.35. The molecule has 0 aromatic carbocycles. The lowest BCUT2D eigenvalue weighted by Gasteiger charge is -2.38. The molecule has 1 N–H and O–H groups in total. The van der Waals surface area contributed by atoms with Gasteiger partial charge in [-0.3, -0.25) is 14.6 Å². The van der Waals surface area contributed by atoms with E-state index in [0.29, 0.717) is 5.91 Å². The van der Waals surface area contributed by atoms with E-state index < -0.39 is 0 Å². The zero-order valence-corrected chi connectivity index (χ0v) is 15.0. The normalized spacial score (nSPS) is 31.7. The van der Waals surface area contributed by atoms with Gasteiger partial charge in [0.25, 0.3) is 0 Å². The summed E-state index contributed by atoms with van der Waals surface area (Å²) in [5.41, 5.74) is 0. The summed E-state index contributed by atoms with van der Waals surface area (Å²) >= 11 is 0. The summed E-state index contributed by atoms with van der Waals surface area (Å²) in [6.45, 7) is 13.0. The molecule has 23 heavy (non-hydrogen) atoms. The zero-order chi connectivity index (χ0) is 16.2. The Labute approximate surface area is 141 Å². The largest absolute Gasteiger partial charge is 0.340 e. The molecule has 3 aliphatic heterocycles. The van der Waals surface area contributed by atoms with Crippen LogP contribution in [0.2, 0.25) is 0 Å². The number of hydrogen-bond donors (Lipinski definition) is 1. The van der Waals surface area contributed by atoms with Gasteiger partial charge in [-0.25, -0.2) is 0 Å². The SMILES string of the molecule is CC1CCC(C)N1CCN1CCN(C(=O)C2CCNCC2)CC1. The minimum absolute atomic E-state index is 0.272.